The van der Waals surface area contributed by atoms with Gasteiger partial charge in [-0.1, -0.05) is 12.1 Å². The molecule has 4 rings (SSSR count). The standard InChI is InChI=1S/C14H9N3OS/c1-2-4-12-10(3-1)17-14(18-12)16-9-5-6-11-13(7-9)19-8-15-11/h1-8H,(H,16,17). The van der Waals surface area contributed by atoms with Gasteiger partial charge in [0.05, 0.1) is 15.7 Å². The third kappa shape index (κ3) is 1.84. The van der Waals surface area contributed by atoms with Crippen molar-refractivity contribution in [2.45, 2.75) is 0 Å². The largest absolute Gasteiger partial charge is 0.423 e. The number of oxazole rings is 1. The highest BCUT2D eigenvalue weighted by molar-refractivity contribution is 7.16. The van der Waals surface area contributed by atoms with E-state index in [1.807, 2.05) is 48.0 Å². The van der Waals surface area contributed by atoms with Crippen LogP contribution in [0.15, 0.2) is 52.4 Å². The Hall–Kier alpha value is -2.40. The molecule has 4 nitrogen and oxygen atoms in total. The highest BCUT2D eigenvalue weighted by Crippen LogP contribution is 2.25. The first kappa shape index (κ1) is 10.5. The molecule has 0 fully saturated rings. The van der Waals surface area contributed by atoms with E-state index < -0.39 is 0 Å². The molecule has 0 aliphatic heterocycles. The van der Waals surface area contributed by atoms with Crippen molar-refractivity contribution in [1.82, 2.24) is 9.97 Å². The molecule has 0 saturated heterocycles. The molecule has 2 aromatic carbocycles. The zero-order chi connectivity index (χ0) is 12.7. The van der Waals surface area contributed by atoms with Gasteiger partial charge in [0.1, 0.15) is 5.52 Å². The highest BCUT2D eigenvalue weighted by atomic mass is 32.1. The van der Waals surface area contributed by atoms with Gasteiger partial charge in [0.15, 0.2) is 5.58 Å². The predicted octanol–water partition coefficient (Wildman–Crippen LogP) is 4.18. The second-order valence-electron chi connectivity index (χ2n) is 4.15. The molecule has 5 heteroatoms. The minimum absolute atomic E-state index is 0.505. The minimum atomic E-state index is 0.505. The lowest BCUT2D eigenvalue weighted by Crippen LogP contribution is -1.89. The van der Waals surface area contributed by atoms with E-state index >= 15 is 0 Å². The molecule has 19 heavy (non-hydrogen) atoms. The van der Waals surface area contributed by atoms with Crippen molar-refractivity contribution >= 4 is 44.4 Å². The SMILES string of the molecule is c1ccc2oc(Nc3ccc4ncsc4c3)nc2c1. The predicted molar refractivity (Wildman–Crippen MR) is 76.9 cm³/mol. The summed E-state index contributed by atoms with van der Waals surface area (Å²) in [4.78, 5) is 8.64. The number of nitrogens with one attached hydrogen (secondary N) is 1. The Morgan fingerprint density at radius 3 is 2.95 bits per heavy atom. The third-order valence-electron chi connectivity index (χ3n) is 2.88. The molecular weight excluding hydrogens is 258 g/mol. The van der Waals surface area contributed by atoms with Gasteiger partial charge in [-0.2, -0.15) is 4.98 Å². The number of rotatable bonds is 2. The van der Waals surface area contributed by atoms with Gasteiger partial charge in [-0.15, -0.1) is 11.3 Å². The van der Waals surface area contributed by atoms with E-state index in [-0.39, 0.29) is 0 Å². The Morgan fingerprint density at radius 1 is 1.05 bits per heavy atom. The van der Waals surface area contributed by atoms with E-state index in [1.54, 1.807) is 11.3 Å². The van der Waals surface area contributed by atoms with Crippen LogP contribution < -0.4 is 5.32 Å². The van der Waals surface area contributed by atoms with Crippen LogP contribution in [-0.4, -0.2) is 9.97 Å². The lowest BCUT2D eigenvalue weighted by Gasteiger charge is -2.00. The van der Waals surface area contributed by atoms with Crippen molar-refractivity contribution in [1.29, 1.82) is 0 Å². The molecule has 1 N–H and O–H groups in total. The van der Waals surface area contributed by atoms with Crippen LogP contribution in [0.3, 0.4) is 0 Å². The summed E-state index contributed by atoms with van der Waals surface area (Å²) in [6.45, 7) is 0. The zero-order valence-electron chi connectivity index (χ0n) is 9.83. The molecule has 0 aliphatic rings. The lowest BCUT2D eigenvalue weighted by atomic mass is 10.3. The smallest absolute Gasteiger partial charge is 0.300 e. The van der Waals surface area contributed by atoms with Crippen molar-refractivity contribution in [3.63, 3.8) is 0 Å². The second kappa shape index (κ2) is 4.07. The van der Waals surface area contributed by atoms with E-state index in [4.69, 9.17) is 4.42 Å². The quantitative estimate of drug-likeness (QED) is 0.592. The first-order chi connectivity index (χ1) is 9.38. The second-order valence-corrected chi connectivity index (χ2v) is 5.03. The Kier molecular flexibility index (Phi) is 2.25. The van der Waals surface area contributed by atoms with Gasteiger partial charge in [-0.25, -0.2) is 4.98 Å². The molecule has 2 aromatic heterocycles. The average molecular weight is 267 g/mol. The van der Waals surface area contributed by atoms with Gasteiger partial charge >= 0.3 is 0 Å². The van der Waals surface area contributed by atoms with E-state index in [0.717, 1.165) is 27.0 Å². The van der Waals surface area contributed by atoms with Gasteiger partial charge in [-0.05, 0) is 30.3 Å². The summed E-state index contributed by atoms with van der Waals surface area (Å²) < 4.78 is 6.77. The van der Waals surface area contributed by atoms with E-state index in [9.17, 15) is 0 Å². The number of thiazole rings is 1. The summed E-state index contributed by atoms with van der Waals surface area (Å²) >= 11 is 1.61. The average Bonchev–Trinajstić information content (AvgIpc) is 3.03. The van der Waals surface area contributed by atoms with Crippen LogP contribution in [0.2, 0.25) is 0 Å². The summed E-state index contributed by atoms with van der Waals surface area (Å²) in [5.74, 6) is 0. The third-order valence-corrected chi connectivity index (χ3v) is 3.67. The Labute approximate surface area is 112 Å². The molecule has 92 valence electrons. The summed E-state index contributed by atoms with van der Waals surface area (Å²) in [6, 6.07) is 14.2. The number of nitrogens with zero attached hydrogens (tertiary/aromatic N) is 2. The monoisotopic (exact) mass is 267 g/mol. The number of benzene rings is 2. The van der Waals surface area contributed by atoms with Crippen LogP contribution in [0, 0.1) is 0 Å². The van der Waals surface area contributed by atoms with Gasteiger partial charge in [0, 0.05) is 5.69 Å². The summed E-state index contributed by atoms with van der Waals surface area (Å²) in [6.07, 6.45) is 0. The topological polar surface area (TPSA) is 51.0 Å². The van der Waals surface area contributed by atoms with Gasteiger partial charge in [0.25, 0.3) is 6.01 Å². The van der Waals surface area contributed by atoms with E-state index in [0.29, 0.717) is 6.01 Å². The maximum Gasteiger partial charge on any atom is 0.300 e. The molecule has 0 atom stereocenters. The maximum absolute atomic E-state index is 5.63. The highest BCUT2D eigenvalue weighted by Gasteiger charge is 2.05. The molecule has 4 aromatic rings. The van der Waals surface area contributed by atoms with Crippen LogP contribution in [0.25, 0.3) is 21.3 Å². The van der Waals surface area contributed by atoms with Crippen LogP contribution in [0.4, 0.5) is 11.7 Å². The normalized spacial score (nSPS) is 11.2. The molecule has 0 unspecified atom stereocenters. The molecule has 0 bridgehead atoms. The van der Waals surface area contributed by atoms with Crippen molar-refractivity contribution < 1.29 is 4.42 Å². The summed E-state index contributed by atoms with van der Waals surface area (Å²) in [7, 11) is 0. The number of fused-ring (bicyclic) bond motifs is 2. The number of hydrogen-bond donors (Lipinski definition) is 1. The van der Waals surface area contributed by atoms with Crippen molar-refractivity contribution in [2.24, 2.45) is 0 Å². The lowest BCUT2D eigenvalue weighted by molar-refractivity contribution is 0.623. The maximum atomic E-state index is 5.63. The fourth-order valence-corrected chi connectivity index (χ4v) is 2.70. The number of hydrogen-bond acceptors (Lipinski definition) is 5. The van der Waals surface area contributed by atoms with Crippen LogP contribution >= 0.6 is 11.3 Å². The molecule has 0 radical (unpaired) electrons. The van der Waals surface area contributed by atoms with Crippen LogP contribution in [0.1, 0.15) is 0 Å². The van der Waals surface area contributed by atoms with Crippen molar-refractivity contribution in [3.05, 3.63) is 48.0 Å². The van der Waals surface area contributed by atoms with Crippen molar-refractivity contribution in [3.8, 4) is 0 Å². The summed E-state index contributed by atoms with van der Waals surface area (Å²) in [5.41, 5.74) is 5.43. The molecule has 0 amide bonds. The molecule has 2 heterocycles. The van der Waals surface area contributed by atoms with Gasteiger partial charge in [-0.3, -0.25) is 0 Å². The zero-order valence-corrected chi connectivity index (χ0v) is 10.6. The number of aromatic nitrogens is 2. The van der Waals surface area contributed by atoms with Gasteiger partial charge < -0.3 is 9.73 Å². The minimum Gasteiger partial charge on any atom is -0.423 e. The molecule has 0 spiro atoms. The molecule has 0 aliphatic carbocycles. The molecular formula is C14H9N3OS. The van der Waals surface area contributed by atoms with Crippen LogP contribution in [-0.2, 0) is 0 Å². The fraction of sp³-hybridized carbons (Fsp3) is 0. The number of para-hydroxylation sites is 2. The Morgan fingerprint density at radius 2 is 2.00 bits per heavy atom. The fourth-order valence-electron chi connectivity index (χ4n) is 1.98. The first-order valence-corrected chi connectivity index (χ1v) is 6.72. The van der Waals surface area contributed by atoms with Crippen molar-refractivity contribution in [2.75, 3.05) is 5.32 Å². The summed E-state index contributed by atoms with van der Waals surface area (Å²) in [5, 5.41) is 3.18. The first-order valence-electron chi connectivity index (χ1n) is 5.84. The Bertz CT molecular complexity index is 832. The molecule has 0 saturated carbocycles. The van der Waals surface area contributed by atoms with Gasteiger partial charge in [0.2, 0.25) is 0 Å². The van der Waals surface area contributed by atoms with E-state index in [2.05, 4.69) is 15.3 Å². The van der Waals surface area contributed by atoms with Crippen LogP contribution in [0.5, 0.6) is 0 Å². The number of anilines is 2. The Balaban J connectivity index is 1.72. The van der Waals surface area contributed by atoms with E-state index in [1.165, 1.54) is 0 Å².